The summed E-state index contributed by atoms with van der Waals surface area (Å²) >= 11 is 12.4. The van der Waals surface area contributed by atoms with Crippen LogP contribution in [0.15, 0.2) is 30.3 Å². The van der Waals surface area contributed by atoms with Crippen LogP contribution >= 0.6 is 23.2 Å². The zero-order valence-corrected chi connectivity index (χ0v) is 22.3. The summed E-state index contributed by atoms with van der Waals surface area (Å²) in [6, 6.07) is 8.28. The molecule has 0 aliphatic carbocycles. The lowest BCUT2D eigenvalue weighted by Gasteiger charge is -2.36. The van der Waals surface area contributed by atoms with Crippen molar-refractivity contribution in [3.63, 3.8) is 0 Å². The van der Waals surface area contributed by atoms with Gasteiger partial charge in [0, 0.05) is 24.9 Å². The number of hydrogen-bond donors (Lipinski definition) is 1. The summed E-state index contributed by atoms with van der Waals surface area (Å²) in [7, 11) is -0.00504. The van der Waals surface area contributed by atoms with Gasteiger partial charge in [-0.2, -0.15) is 8.42 Å². The molecule has 192 valence electrons. The number of carbonyl (C=O) groups excluding carboxylic acids is 1. The maximum atomic E-state index is 13.3. The van der Waals surface area contributed by atoms with Crippen LogP contribution in [0.4, 0.5) is 0 Å². The molecule has 8 nitrogen and oxygen atoms in total. The van der Waals surface area contributed by atoms with E-state index in [9.17, 15) is 17.8 Å². The van der Waals surface area contributed by atoms with Crippen molar-refractivity contribution in [3.8, 4) is 17.2 Å². The van der Waals surface area contributed by atoms with Gasteiger partial charge < -0.3 is 19.1 Å². The molecular formula is C24H29Cl2NO7S. The molecule has 2 atom stereocenters. The highest BCUT2D eigenvalue weighted by Gasteiger charge is 2.53. The molecular weight excluding hydrogens is 517 g/mol. The molecule has 3 rings (SSSR count). The Bertz CT molecular complexity index is 1180. The number of amides is 1. The smallest absolute Gasteiger partial charge is 0.268 e. The topological polar surface area (TPSA) is 102 Å². The number of hydrogen-bond acceptors (Lipinski definition) is 6. The Labute approximate surface area is 215 Å². The van der Waals surface area contributed by atoms with Crippen LogP contribution in [0, 0.1) is 0 Å². The van der Waals surface area contributed by atoms with Crippen LogP contribution in [0.3, 0.4) is 0 Å². The van der Waals surface area contributed by atoms with Gasteiger partial charge in [-0.1, -0.05) is 42.6 Å². The lowest BCUT2D eigenvalue weighted by atomic mass is 9.75. The molecule has 2 aromatic carbocycles. The van der Waals surface area contributed by atoms with Gasteiger partial charge in [0.05, 0.1) is 36.6 Å². The molecule has 0 saturated carbocycles. The van der Waals surface area contributed by atoms with Crippen LogP contribution < -0.4 is 14.2 Å². The molecule has 1 heterocycles. The van der Waals surface area contributed by atoms with Crippen molar-refractivity contribution in [2.24, 2.45) is 0 Å². The first kappa shape index (κ1) is 27.4. The Balaban J connectivity index is 2.08. The normalized spacial score (nSPS) is 19.1. The molecule has 1 aliphatic rings. The maximum Gasteiger partial charge on any atom is 0.268 e. The van der Waals surface area contributed by atoms with E-state index in [1.807, 2.05) is 6.92 Å². The number of benzene rings is 2. The monoisotopic (exact) mass is 545 g/mol. The lowest BCUT2D eigenvalue weighted by Crippen LogP contribution is -2.46. The summed E-state index contributed by atoms with van der Waals surface area (Å²) in [4.78, 5) is 14.9. The molecule has 11 heteroatoms. The van der Waals surface area contributed by atoms with E-state index in [1.165, 1.54) is 21.3 Å². The molecule has 2 unspecified atom stereocenters. The predicted octanol–water partition coefficient (Wildman–Crippen LogP) is 4.75. The second-order valence-electron chi connectivity index (χ2n) is 8.54. The molecule has 35 heavy (non-hydrogen) atoms. The molecule has 1 amide bonds. The number of ether oxygens (including phenoxy) is 3. The van der Waals surface area contributed by atoms with Gasteiger partial charge in [-0.15, -0.1) is 0 Å². The van der Waals surface area contributed by atoms with Crippen LogP contribution in [0.2, 0.25) is 10.0 Å². The zero-order chi connectivity index (χ0) is 26.0. The third-order valence-electron chi connectivity index (χ3n) is 6.41. The number of nitrogens with zero attached hydrogens (tertiary/aromatic N) is 1. The van der Waals surface area contributed by atoms with Crippen molar-refractivity contribution in [1.82, 2.24) is 4.90 Å². The average Bonchev–Trinajstić information content (AvgIpc) is 3.13. The van der Waals surface area contributed by atoms with Crippen LogP contribution in [-0.4, -0.2) is 56.9 Å². The highest BCUT2D eigenvalue weighted by Crippen LogP contribution is 2.45. The highest BCUT2D eigenvalue weighted by molar-refractivity contribution is 7.86. The van der Waals surface area contributed by atoms with E-state index in [0.29, 0.717) is 39.8 Å². The fourth-order valence-corrected chi connectivity index (χ4v) is 6.53. The van der Waals surface area contributed by atoms with Gasteiger partial charge >= 0.3 is 0 Å². The van der Waals surface area contributed by atoms with Crippen molar-refractivity contribution in [2.75, 3.05) is 27.9 Å². The third-order valence-corrected chi connectivity index (χ3v) is 8.56. The van der Waals surface area contributed by atoms with Gasteiger partial charge in [0.15, 0.2) is 11.5 Å². The van der Waals surface area contributed by atoms with E-state index in [0.717, 1.165) is 0 Å². The minimum absolute atomic E-state index is 0.0604. The molecule has 1 fully saturated rings. The van der Waals surface area contributed by atoms with Gasteiger partial charge in [-0.05, 0) is 41.8 Å². The van der Waals surface area contributed by atoms with E-state index >= 15 is 0 Å². The SMILES string of the molecule is CCCC(C1(c2ccc(Cl)c(Cl)c2)CC(=O)N(Cc2cc(OC)c(OC)c(OC)c2)C1)S(=O)(=O)O. The molecule has 1 N–H and O–H groups in total. The first-order valence-electron chi connectivity index (χ1n) is 11.0. The number of methoxy groups -OCH3 is 3. The van der Waals surface area contributed by atoms with Gasteiger partial charge in [0.1, 0.15) is 0 Å². The molecule has 1 saturated heterocycles. The Morgan fingerprint density at radius 2 is 1.69 bits per heavy atom. The van der Waals surface area contributed by atoms with Crippen molar-refractivity contribution >= 4 is 39.2 Å². The summed E-state index contributed by atoms with van der Waals surface area (Å²) in [5.74, 6) is 1.04. The minimum atomic E-state index is -4.50. The first-order chi connectivity index (χ1) is 16.5. The van der Waals surface area contributed by atoms with Gasteiger partial charge in [0.25, 0.3) is 10.1 Å². The Morgan fingerprint density at radius 1 is 1.06 bits per heavy atom. The van der Waals surface area contributed by atoms with Crippen molar-refractivity contribution in [1.29, 1.82) is 0 Å². The lowest BCUT2D eigenvalue weighted by molar-refractivity contribution is -0.128. The quantitative estimate of drug-likeness (QED) is 0.430. The summed E-state index contributed by atoms with van der Waals surface area (Å²) in [6.45, 7) is 2.05. The van der Waals surface area contributed by atoms with Crippen LogP contribution in [-0.2, 0) is 26.9 Å². The fraction of sp³-hybridized carbons (Fsp3) is 0.458. The second kappa shape index (κ2) is 10.8. The highest BCUT2D eigenvalue weighted by atomic mass is 35.5. The molecule has 0 spiro atoms. The first-order valence-corrected chi connectivity index (χ1v) is 13.2. The third kappa shape index (κ3) is 5.48. The van der Waals surface area contributed by atoms with E-state index in [4.69, 9.17) is 37.4 Å². The molecule has 2 aromatic rings. The average molecular weight is 546 g/mol. The second-order valence-corrected chi connectivity index (χ2v) is 11.0. The van der Waals surface area contributed by atoms with E-state index in [1.54, 1.807) is 35.2 Å². The predicted molar refractivity (Wildman–Crippen MR) is 135 cm³/mol. The van der Waals surface area contributed by atoms with Crippen LogP contribution in [0.25, 0.3) is 0 Å². The van der Waals surface area contributed by atoms with Crippen molar-refractivity contribution < 1.29 is 32.0 Å². The number of carbonyl (C=O) groups is 1. The summed E-state index contributed by atoms with van der Waals surface area (Å²) < 4.78 is 51.5. The van der Waals surface area contributed by atoms with E-state index < -0.39 is 20.8 Å². The molecule has 0 bridgehead atoms. The molecule has 0 radical (unpaired) electrons. The van der Waals surface area contributed by atoms with Gasteiger partial charge in [-0.3, -0.25) is 9.35 Å². The Morgan fingerprint density at radius 3 is 2.17 bits per heavy atom. The van der Waals surface area contributed by atoms with Gasteiger partial charge in [-0.25, -0.2) is 0 Å². The summed E-state index contributed by atoms with van der Waals surface area (Å²) in [5, 5.41) is -0.654. The van der Waals surface area contributed by atoms with Crippen LogP contribution in [0.1, 0.15) is 37.3 Å². The number of likely N-dealkylation sites (tertiary alicyclic amines) is 1. The van der Waals surface area contributed by atoms with Crippen molar-refractivity contribution in [3.05, 3.63) is 51.5 Å². The largest absolute Gasteiger partial charge is 0.493 e. The fourth-order valence-electron chi connectivity index (χ4n) is 4.83. The summed E-state index contributed by atoms with van der Waals surface area (Å²) in [6.07, 6.45) is 0.554. The number of rotatable bonds is 10. The maximum absolute atomic E-state index is 13.3. The van der Waals surface area contributed by atoms with Crippen molar-refractivity contribution in [2.45, 2.75) is 43.4 Å². The standard InChI is InChI=1S/C24H29Cl2NO7S/c1-5-6-21(35(29,30)31)24(16-7-8-17(25)18(26)11-16)12-22(28)27(14-24)13-15-9-19(32-2)23(34-4)20(10-15)33-3/h7-11,21H,5-6,12-14H2,1-4H3,(H,29,30,31). The Kier molecular flexibility index (Phi) is 8.47. The molecule has 0 aromatic heterocycles. The summed E-state index contributed by atoms with van der Waals surface area (Å²) in [5.41, 5.74) is 0.0237. The molecule has 1 aliphatic heterocycles. The van der Waals surface area contributed by atoms with Gasteiger partial charge in [0.2, 0.25) is 11.7 Å². The minimum Gasteiger partial charge on any atom is -0.493 e. The number of halogens is 2. The van der Waals surface area contributed by atoms with E-state index in [2.05, 4.69) is 0 Å². The van der Waals surface area contributed by atoms with Crippen LogP contribution in [0.5, 0.6) is 17.2 Å². The zero-order valence-electron chi connectivity index (χ0n) is 20.0. The Hall–Kier alpha value is -2.20. The van der Waals surface area contributed by atoms with E-state index in [-0.39, 0.29) is 36.9 Å².